The van der Waals surface area contributed by atoms with Gasteiger partial charge in [0, 0.05) is 24.8 Å². The minimum Gasteiger partial charge on any atom is -0.326 e. The molecule has 1 fully saturated rings. The van der Waals surface area contributed by atoms with Gasteiger partial charge in [-0.15, -0.1) is 0 Å². The number of rotatable bonds is 5. The van der Waals surface area contributed by atoms with Crippen LogP contribution in [-0.4, -0.2) is 31.7 Å². The number of halogens is 2. The van der Waals surface area contributed by atoms with Crippen LogP contribution in [0.1, 0.15) is 18.4 Å². The van der Waals surface area contributed by atoms with Crippen LogP contribution < -0.4 is 5.32 Å². The smallest absolute Gasteiger partial charge is 0.228 e. The summed E-state index contributed by atoms with van der Waals surface area (Å²) in [7, 11) is -3.54. The number of piperidine rings is 1. The minimum absolute atomic E-state index is 0.0741. The van der Waals surface area contributed by atoms with Gasteiger partial charge in [0.25, 0.3) is 0 Å². The van der Waals surface area contributed by atoms with Crippen LogP contribution >= 0.6 is 0 Å². The van der Waals surface area contributed by atoms with Gasteiger partial charge in [-0.3, -0.25) is 4.79 Å². The Morgan fingerprint density at radius 3 is 2.56 bits per heavy atom. The molecule has 2 aromatic carbocycles. The van der Waals surface area contributed by atoms with E-state index in [1.165, 1.54) is 10.4 Å². The molecule has 1 N–H and O–H groups in total. The van der Waals surface area contributed by atoms with E-state index in [-0.39, 0.29) is 18.0 Å². The van der Waals surface area contributed by atoms with Crippen LogP contribution in [0, 0.1) is 17.6 Å². The van der Waals surface area contributed by atoms with Crippen molar-refractivity contribution in [2.75, 3.05) is 18.4 Å². The number of nitrogens with one attached hydrogen (secondary N) is 1. The SMILES string of the molecule is O=C(Nc1ccc(F)c(F)c1)[C@H]1CCCN(S(=O)(=O)Cc2ccccc2)C1. The fourth-order valence-corrected chi connectivity index (χ4v) is 4.71. The average Bonchev–Trinajstić information content (AvgIpc) is 2.65. The van der Waals surface area contributed by atoms with E-state index in [1.807, 2.05) is 6.07 Å². The predicted molar refractivity (Wildman–Crippen MR) is 98.4 cm³/mol. The lowest BCUT2D eigenvalue weighted by molar-refractivity contribution is -0.120. The highest BCUT2D eigenvalue weighted by molar-refractivity contribution is 7.88. The number of anilines is 1. The molecule has 0 aliphatic carbocycles. The number of carbonyl (C=O) groups excluding carboxylic acids is 1. The number of hydrogen-bond acceptors (Lipinski definition) is 3. The van der Waals surface area contributed by atoms with Crippen LogP contribution in [0.25, 0.3) is 0 Å². The van der Waals surface area contributed by atoms with E-state index in [9.17, 15) is 22.0 Å². The Morgan fingerprint density at radius 2 is 1.85 bits per heavy atom. The van der Waals surface area contributed by atoms with Gasteiger partial charge in [0.15, 0.2) is 11.6 Å². The van der Waals surface area contributed by atoms with Gasteiger partial charge in [0.2, 0.25) is 15.9 Å². The van der Waals surface area contributed by atoms with Crippen LogP contribution in [0.3, 0.4) is 0 Å². The van der Waals surface area contributed by atoms with E-state index >= 15 is 0 Å². The lowest BCUT2D eigenvalue weighted by Crippen LogP contribution is -2.44. The number of amides is 1. The van der Waals surface area contributed by atoms with Crippen molar-refractivity contribution in [1.82, 2.24) is 4.31 Å². The van der Waals surface area contributed by atoms with Gasteiger partial charge in [0.05, 0.1) is 11.7 Å². The van der Waals surface area contributed by atoms with Crippen LogP contribution in [0.5, 0.6) is 0 Å². The molecule has 5 nitrogen and oxygen atoms in total. The molecule has 1 saturated heterocycles. The van der Waals surface area contributed by atoms with Gasteiger partial charge in [-0.2, -0.15) is 0 Å². The highest BCUT2D eigenvalue weighted by Gasteiger charge is 2.32. The monoisotopic (exact) mass is 394 g/mol. The zero-order chi connectivity index (χ0) is 19.4. The topological polar surface area (TPSA) is 66.5 Å². The normalized spacial score (nSPS) is 18.2. The van der Waals surface area contributed by atoms with Gasteiger partial charge < -0.3 is 5.32 Å². The Bertz CT molecular complexity index is 920. The summed E-state index contributed by atoms with van der Waals surface area (Å²) in [6.07, 6.45) is 1.09. The summed E-state index contributed by atoms with van der Waals surface area (Å²) in [6.45, 7) is 0.439. The van der Waals surface area contributed by atoms with Crippen LogP contribution in [-0.2, 0) is 20.6 Å². The molecular weight excluding hydrogens is 374 g/mol. The number of nitrogens with zero attached hydrogens (tertiary/aromatic N) is 1. The molecule has 1 amide bonds. The first-order valence-corrected chi connectivity index (χ1v) is 10.2. The van der Waals surface area contributed by atoms with Crippen molar-refractivity contribution < 1.29 is 22.0 Å². The van der Waals surface area contributed by atoms with Crippen molar-refractivity contribution in [3.8, 4) is 0 Å². The first kappa shape index (κ1) is 19.4. The maximum atomic E-state index is 13.3. The van der Waals surface area contributed by atoms with E-state index in [2.05, 4.69) is 5.32 Å². The second kappa shape index (κ2) is 8.14. The minimum atomic E-state index is -3.54. The largest absolute Gasteiger partial charge is 0.326 e. The molecule has 0 radical (unpaired) electrons. The van der Waals surface area contributed by atoms with Gasteiger partial charge in [-0.1, -0.05) is 30.3 Å². The molecule has 144 valence electrons. The van der Waals surface area contributed by atoms with Crippen molar-refractivity contribution in [2.45, 2.75) is 18.6 Å². The van der Waals surface area contributed by atoms with E-state index in [0.29, 0.717) is 24.9 Å². The Kier molecular flexibility index (Phi) is 5.86. The average molecular weight is 394 g/mol. The van der Waals surface area contributed by atoms with E-state index in [1.54, 1.807) is 24.3 Å². The van der Waals surface area contributed by atoms with Gasteiger partial charge >= 0.3 is 0 Å². The summed E-state index contributed by atoms with van der Waals surface area (Å²) in [5.41, 5.74) is 0.828. The molecule has 27 heavy (non-hydrogen) atoms. The van der Waals surface area contributed by atoms with Crippen molar-refractivity contribution in [1.29, 1.82) is 0 Å². The molecule has 0 aromatic heterocycles. The third-order valence-electron chi connectivity index (χ3n) is 4.53. The highest BCUT2D eigenvalue weighted by atomic mass is 32.2. The number of sulfonamides is 1. The molecule has 3 rings (SSSR count). The lowest BCUT2D eigenvalue weighted by Gasteiger charge is -2.31. The van der Waals surface area contributed by atoms with E-state index in [4.69, 9.17) is 0 Å². The molecule has 0 spiro atoms. The third-order valence-corrected chi connectivity index (χ3v) is 6.34. The fraction of sp³-hybridized carbons (Fsp3) is 0.316. The molecule has 0 unspecified atom stereocenters. The van der Waals surface area contributed by atoms with Crippen LogP contribution in [0.4, 0.5) is 14.5 Å². The Hall–Kier alpha value is -2.32. The van der Waals surface area contributed by atoms with E-state index in [0.717, 1.165) is 12.1 Å². The summed E-state index contributed by atoms with van der Waals surface area (Å²) in [6, 6.07) is 12.0. The Morgan fingerprint density at radius 1 is 1.11 bits per heavy atom. The quantitative estimate of drug-likeness (QED) is 0.847. The van der Waals surface area contributed by atoms with Crippen LogP contribution in [0.15, 0.2) is 48.5 Å². The second-order valence-electron chi connectivity index (χ2n) is 6.56. The molecule has 2 aromatic rings. The highest BCUT2D eigenvalue weighted by Crippen LogP contribution is 2.23. The molecule has 1 aliphatic heterocycles. The summed E-state index contributed by atoms with van der Waals surface area (Å²) >= 11 is 0. The van der Waals surface area contributed by atoms with Crippen molar-refractivity contribution in [3.05, 3.63) is 65.7 Å². The summed E-state index contributed by atoms with van der Waals surface area (Å²) in [5.74, 6) is -3.11. The van der Waals surface area contributed by atoms with Gasteiger partial charge in [0.1, 0.15) is 0 Å². The van der Waals surface area contributed by atoms with Crippen molar-refractivity contribution >= 4 is 21.6 Å². The first-order valence-electron chi connectivity index (χ1n) is 8.63. The van der Waals surface area contributed by atoms with E-state index < -0.39 is 33.5 Å². The zero-order valence-corrected chi connectivity index (χ0v) is 15.4. The number of carbonyl (C=O) groups is 1. The number of hydrogen-bond donors (Lipinski definition) is 1. The zero-order valence-electron chi connectivity index (χ0n) is 14.6. The standard InChI is InChI=1S/C19H20F2N2O3S/c20-17-9-8-16(11-18(17)21)22-19(24)15-7-4-10-23(12-15)27(25,26)13-14-5-2-1-3-6-14/h1-3,5-6,8-9,11,15H,4,7,10,12-13H2,(H,22,24)/t15-/m0/s1. The Labute approximate surface area is 157 Å². The second-order valence-corrected chi connectivity index (χ2v) is 8.53. The summed E-state index contributed by atoms with van der Waals surface area (Å²) in [4.78, 5) is 12.4. The molecule has 1 heterocycles. The van der Waals surface area contributed by atoms with Crippen molar-refractivity contribution in [2.24, 2.45) is 5.92 Å². The van der Waals surface area contributed by atoms with Crippen LogP contribution in [0.2, 0.25) is 0 Å². The van der Waals surface area contributed by atoms with Crippen molar-refractivity contribution in [3.63, 3.8) is 0 Å². The molecule has 8 heteroatoms. The lowest BCUT2D eigenvalue weighted by atomic mass is 9.98. The summed E-state index contributed by atoms with van der Waals surface area (Å²) in [5, 5.41) is 2.53. The maximum Gasteiger partial charge on any atom is 0.228 e. The molecular formula is C19H20F2N2O3S. The predicted octanol–water partition coefficient (Wildman–Crippen LogP) is 3.15. The maximum absolute atomic E-state index is 13.3. The summed E-state index contributed by atoms with van der Waals surface area (Å²) < 4.78 is 52.9. The first-order chi connectivity index (χ1) is 12.8. The van der Waals surface area contributed by atoms with Gasteiger partial charge in [-0.05, 0) is 30.5 Å². The number of benzene rings is 2. The molecule has 0 saturated carbocycles. The molecule has 0 bridgehead atoms. The molecule has 1 atom stereocenters. The van der Waals surface area contributed by atoms with Gasteiger partial charge in [-0.25, -0.2) is 21.5 Å². The fourth-order valence-electron chi connectivity index (χ4n) is 3.10. The molecule has 1 aliphatic rings. The third kappa shape index (κ3) is 4.90. The Balaban J connectivity index is 1.66.